The number of halogens is 1. The number of hydrogen-bond acceptors (Lipinski definition) is 5. The highest BCUT2D eigenvalue weighted by Gasteiger charge is 2.18. The van der Waals surface area contributed by atoms with Crippen LogP contribution in [0.3, 0.4) is 0 Å². The largest absolute Gasteiger partial charge is 0.324 e. The first-order valence-electron chi connectivity index (χ1n) is 9.47. The molecule has 1 amide bonds. The van der Waals surface area contributed by atoms with Gasteiger partial charge in [0.1, 0.15) is 18.1 Å². The molecule has 0 aliphatic heterocycles. The Morgan fingerprint density at radius 1 is 1.13 bits per heavy atom. The number of hydrogen-bond donors (Lipinski definition) is 1. The summed E-state index contributed by atoms with van der Waals surface area (Å²) in [6, 6.07) is 13.4. The Morgan fingerprint density at radius 2 is 1.83 bits per heavy atom. The standard InChI is InChI=1S/C22H19FN4O2S/c1-3-14-4-6-15(7-5-14)19-21-20(24-13(2)30-21)22(29)27(26-19)12-18(28)25-17-10-8-16(23)9-11-17/h4-11H,3,12H2,1-2H3,(H,25,28). The van der Waals surface area contributed by atoms with Crippen molar-refractivity contribution in [1.29, 1.82) is 0 Å². The lowest BCUT2D eigenvalue weighted by Gasteiger charge is -2.10. The molecule has 0 aliphatic rings. The predicted octanol–water partition coefficient (Wildman–Crippen LogP) is 4.17. The smallest absolute Gasteiger partial charge is 0.294 e. The number of rotatable bonds is 5. The number of carbonyl (C=O) groups excluding carboxylic acids is 1. The van der Waals surface area contributed by atoms with Crippen molar-refractivity contribution in [3.63, 3.8) is 0 Å². The van der Waals surface area contributed by atoms with E-state index < -0.39 is 17.3 Å². The Balaban J connectivity index is 1.72. The molecule has 0 aliphatic carbocycles. The van der Waals surface area contributed by atoms with Crippen molar-refractivity contribution in [3.8, 4) is 11.3 Å². The summed E-state index contributed by atoms with van der Waals surface area (Å²) in [6.07, 6.45) is 0.922. The molecule has 4 aromatic rings. The molecule has 8 heteroatoms. The van der Waals surface area contributed by atoms with Crippen LogP contribution in [0.5, 0.6) is 0 Å². The number of anilines is 1. The van der Waals surface area contributed by atoms with Crippen LogP contribution >= 0.6 is 11.3 Å². The normalized spacial score (nSPS) is 11.0. The second-order valence-corrected chi connectivity index (χ2v) is 8.03. The van der Waals surface area contributed by atoms with E-state index in [9.17, 15) is 14.0 Å². The number of aryl methyl sites for hydroxylation is 2. The Kier molecular flexibility index (Phi) is 5.41. The van der Waals surface area contributed by atoms with E-state index in [1.807, 2.05) is 31.2 Å². The second kappa shape index (κ2) is 8.16. The quantitative estimate of drug-likeness (QED) is 0.524. The summed E-state index contributed by atoms with van der Waals surface area (Å²) >= 11 is 1.41. The summed E-state index contributed by atoms with van der Waals surface area (Å²) in [5.74, 6) is -0.830. The van der Waals surface area contributed by atoms with E-state index in [2.05, 4.69) is 22.3 Å². The molecule has 6 nitrogen and oxygen atoms in total. The third-order valence-electron chi connectivity index (χ3n) is 4.66. The van der Waals surface area contributed by atoms with Crippen molar-refractivity contribution in [3.05, 3.63) is 75.3 Å². The van der Waals surface area contributed by atoms with Crippen LogP contribution in [0.2, 0.25) is 0 Å². The van der Waals surface area contributed by atoms with Crippen LogP contribution in [0.25, 0.3) is 21.5 Å². The van der Waals surface area contributed by atoms with Crippen molar-refractivity contribution in [1.82, 2.24) is 14.8 Å². The zero-order chi connectivity index (χ0) is 21.3. The molecule has 2 heterocycles. The molecule has 0 atom stereocenters. The first kappa shape index (κ1) is 19.9. The zero-order valence-corrected chi connectivity index (χ0v) is 17.3. The van der Waals surface area contributed by atoms with E-state index in [-0.39, 0.29) is 6.54 Å². The van der Waals surface area contributed by atoms with E-state index in [1.165, 1.54) is 41.2 Å². The predicted molar refractivity (Wildman–Crippen MR) is 116 cm³/mol. The van der Waals surface area contributed by atoms with E-state index in [0.717, 1.165) is 21.7 Å². The number of carbonyl (C=O) groups is 1. The van der Waals surface area contributed by atoms with Crippen molar-refractivity contribution in [2.75, 3.05) is 5.32 Å². The van der Waals surface area contributed by atoms with Crippen LogP contribution in [0.1, 0.15) is 17.5 Å². The van der Waals surface area contributed by atoms with Gasteiger partial charge in [-0.1, -0.05) is 31.2 Å². The zero-order valence-electron chi connectivity index (χ0n) is 16.5. The number of fused-ring (bicyclic) bond motifs is 1. The van der Waals surface area contributed by atoms with Crippen LogP contribution in [-0.4, -0.2) is 20.7 Å². The molecule has 152 valence electrons. The van der Waals surface area contributed by atoms with E-state index in [4.69, 9.17) is 0 Å². The molecule has 0 bridgehead atoms. The summed E-state index contributed by atoms with van der Waals surface area (Å²) in [7, 11) is 0. The van der Waals surface area contributed by atoms with Gasteiger partial charge in [0.05, 0.1) is 9.71 Å². The summed E-state index contributed by atoms with van der Waals surface area (Å²) in [5, 5.41) is 7.89. The maximum Gasteiger partial charge on any atom is 0.294 e. The average molecular weight is 422 g/mol. The molecular formula is C22H19FN4O2S. The maximum atomic E-state index is 13.1. The molecule has 1 N–H and O–H groups in total. The van der Waals surface area contributed by atoms with Gasteiger partial charge in [-0.15, -0.1) is 11.3 Å². The van der Waals surface area contributed by atoms with Gasteiger partial charge in [-0.2, -0.15) is 5.10 Å². The maximum absolute atomic E-state index is 13.1. The first-order valence-corrected chi connectivity index (χ1v) is 10.3. The van der Waals surface area contributed by atoms with Crippen LogP contribution in [0.4, 0.5) is 10.1 Å². The summed E-state index contributed by atoms with van der Waals surface area (Å²) < 4.78 is 14.9. The van der Waals surface area contributed by atoms with Gasteiger partial charge in [-0.25, -0.2) is 14.1 Å². The summed E-state index contributed by atoms with van der Waals surface area (Å²) in [5.41, 5.74) is 2.99. The van der Waals surface area contributed by atoms with Crippen molar-refractivity contribution in [2.45, 2.75) is 26.8 Å². The Labute approximate surface area is 176 Å². The fraction of sp³-hybridized carbons (Fsp3) is 0.182. The Hall–Kier alpha value is -3.39. The average Bonchev–Trinajstić information content (AvgIpc) is 3.14. The van der Waals surface area contributed by atoms with Gasteiger partial charge in [0.25, 0.3) is 5.56 Å². The van der Waals surface area contributed by atoms with Gasteiger partial charge in [-0.3, -0.25) is 9.59 Å². The van der Waals surface area contributed by atoms with Crippen LogP contribution in [-0.2, 0) is 17.8 Å². The summed E-state index contributed by atoms with van der Waals surface area (Å²) in [6.45, 7) is 3.64. The molecule has 4 rings (SSSR count). The van der Waals surface area contributed by atoms with Crippen molar-refractivity contribution >= 4 is 33.1 Å². The molecule has 2 aromatic heterocycles. The number of nitrogens with zero attached hydrogens (tertiary/aromatic N) is 3. The topological polar surface area (TPSA) is 76.9 Å². The first-order chi connectivity index (χ1) is 14.4. The lowest BCUT2D eigenvalue weighted by molar-refractivity contribution is -0.117. The van der Waals surface area contributed by atoms with Gasteiger partial charge in [0.15, 0.2) is 5.52 Å². The van der Waals surface area contributed by atoms with Gasteiger partial charge in [0, 0.05) is 11.3 Å². The molecule has 0 saturated heterocycles. The highest BCUT2D eigenvalue weighted by Crippen LogP contribution is 2.29. The molecule has 0 radical (unpaired) electrons. The number of benzene rings is 2. The number of thiazole rings is 1. The van der Waals surface area contributed by atoms with Crippen molar-refractivity contribution < 1.29 is 9.18 Å². The highest BCUT2D eigenvalue weighted by molar-refractivity contribution is 7.19. The molecule has 0 saturated carbocycles. The minimum Gasteiger partial charge on any atom is -0.324 e. The fourth-order valence-corrected chi connectivity index (χ4v) is 4.05. The highest BCUT2D eigenvalue weighted by atomic mass is 32.1. The van der Waals surface area contributed by atoms with E-state index in [0.29, 0.717) is 21.6 Å². The van der Waals surface area contributed by atoms with Gasteiger partial charge in [-0.05, 0) is 43.2 Å². The Bertz CT molecular complexity index is 1280. The van der Waals surface area contributed by atoms with E-state index >= 15 is 0 Å². The molecule has 30 heavy (non-hydrogen) atoms. The fourth-order valence-electron chi connectivity index (χ4n) is 3.13. The minimum absolute atomic E-state index is 0.275. The lowest BCUT2D eigenvalue weighted by atomic mass is 10.1. The number of amides is 1. The number of nitrogens with one attached hydrogen (secondary N) is 1. The molecule has 0 spiro atoms. The molecule has 0 unspecified atom stereocenters. The van der Waals surface area contributed by atoms with Crippen molar-refractivity contribution in [2.24, 2.45) is 0 Å². The molecule has 2 aromatic carbocycles. The van der Waals surface area contributed by atoms with Crippen LogP contribution < -0.4 is 10.9 Å². The second-order valence-electron chi connectivity index (χ2n) is 6.83. The van der Waals surface area contributed by atoms with Gasteiger partial charge >= 0.3 is 0 Å². The lowest BCUT2D eigenvalue weighted by Crippen LogP contribution is -2.30. The van der Waals surface area contributed by atoms with Crippen LogP contribution in [0, 0.1) is 12.7 Å². The third kappa shape index (κ3) is 3.99. The monoisotopic (exact) mass is 422 g/mol. The SMILES string of the molecule is CCc1ccc(-c2nn(CC(=O)Nc3ccc(F)cc3)c(=O)c3nc(C)sc23)cc1. The van der Waals surface area contributed by atoms with E-state index in [1.54, 1.807) is 0 Å². The third-order valence-corrected chi connectivity index (χ3v) is 5.64. The number of aromatic nitrogens is 3. The Morgan fingerprint density at radius 3 is 2.50 bits per heavy atom. The molecular weight excluding hydrogens is 403 g/mol. The van der Waals surface area contributed by atoms with Gasteiger partial charge < -0.3 is 5.32 Å². The minimum atomic E-state index is -0.435. The summed E-state index contributed by atoms with van der Waals surface area (Å²) in [4.78, 5) is 29.7. The van der Waals surface area contributed by atoms with Crippen LogP contribution in [0.15, 0.2) is 53.3 Å². The van der Waals surface area contributed by atoms with Gasteiger partial charge in [0.2, 0.25) is 5.91 Å². The molecule has 0 fully saturated rings.